The molecule has 2 aliphatic heterocycles. The van der Waals surface area contributed by atoms with Crippen LogP contribution in [0.1, 0.15) is 12.8 Å². The van der Waals surface area contributed by atoms with E-state index in [0.717, 1.165) is 45.6 Å². The van der Waals surface area contributed by atoms with Gasteiger partial charge in [0.15, 0.2) is 0 Å². The Kier molecular flexibility index (Phi) is 3.69. The van der Waals surface area contributed by atoms with Gasteiger partial charge in [-0.25, -0.2) is 0 Å². The molecule has 0 bridgehead atoms. The highest BCUT2D eigenvalue weighted by molar-refractivity contribution is 5.82. The maximum absolute atomic E-state index is 12.3. The Labute approximate surface area is 114 Å². The third-order valence-electron chi connectivity index (χ3n) is 4.07. The molecule has 0 saturated carbocycles. The maximum atomic E-state index is 12.3. The van der Waals surface area contributed by atoms with Gasteiger partial charge in [-0.2, -0.15) is 0 Å². The van der Waals surface area contributed by atoms with E-state index in [1.54, 1.807) is 0 Å². The quantitative estimate of drug-likeness (QED) is 0.863. The molecular weight excluding hydrogens is 238 g/mol. The molecule has 1 aromatic carbocycles. The summed E-state index contributed by atoms with van der Waals surface area (Å²) < 4.78 is 0. The van der Waals surface area contributed by atoms with Crippen LogP contribution in [-0.4, -0.2) is 49.6 Å². The van der Waals surface area contributed by atoms with Crippen LogP contribution in [0, 0.1) is 0 Å². The van der Waals surface area contributed by atoms with Crippen LogP contribution in [0.4, 0.5) is 5.69 Å². The van der Waals surface area contributed by atoms with Gasteiger partial charge in [-0.1, -0.05) is 18.2 Å². The Morgan fingerprint density at radius 2 is 1.84 bits per heavy atom. The predicted octanol–water partition coefficient (Wildman–Crippen LogP) is 1.09. The highest BCUT2D eigenvalue weighted by Gasteiger charge is 2.29. The van der Waals surface area contributed by atoms with Gasteiger partial charge in [-0.05, 0) is 31.5 Å². The molecule has 0 aliphatic carbocycles. The van der Waals surface area contributed by atoms with Crippen LogP contribution in [0.3, 0.4) is 0 Å². The standard InChI is InChI=1S/C15H21N3O/c19-15(14-7-4-8-16-14)18-11-9-17(10-12-18)13-5-2-1-3-6-13/h1-3,5-6,14,16H,4,7-12H2. The van der Waals surface area contributed by atoms with Crippen LogP contribution in [0.2, 0.25) is 0 Å². The van der Waals surface area contributed by atoms with Crippen molar-refractivity contribution in [3.05, 3.63) is 30.3 Å². The van der Waals surface area contributed by atoms with Crippen molar-refractivity contribution >= 4 is 11.6 Å². The molecule has 19 heavy (non-hydrogen) atoms. The Bertz CT molecular complexity index is 420. The Morgan fingerprint density at radius 3 is 2.47 bits per heavy atom. The number of carbonyl (C=O) groups excluding carboxylic acids is 1. The molecule has 1 amide bonds. The molecule has 4 heteroatoms. The number of nitrogens with one attached hydrogen (secondary N) is 1. The number of hydrogen-bond acceptors (Lipinski definition) is 3. The van der Waals surface area contributed by atoms with E-state index >= 15 is 0 Å². The number of carbonyl (C=O) groups is 1. The van der Waals surface area contributed by atoms with Crippen LogP contribution in [-0.2, 0) is 4.79 Å². The molecule has 2 fully saturated rings. The van der Waals surface area contributed by atoms with E-state index in [4.69, 9.17) is 0 Å². The van der Waals surface area contributed by atoms with E-state index in [1.807, 2.05) is 11.0 Å². The number of hydrogen-bond donors (Lipinski definition) is 1. The van der Waals surface area contributed by atoms with Crippen molar-refractivity contribution in [3.63, 3.8) is 0 Å². The Morgan fingerprint density at radius 1 is 1.11 bits per heavy atom. The first-order chi connectivity index (χ1) is 9.34. The third kappa shape index (κ3) is 2.73. The van der Waals surface area contributed by atoms with Gasteiger partial charge in [0.05, 0.1) is 6.04 Å². The average molecular weight is 259 g/mol. The lowest BCUT2D eigenvalue weighted by Gasteiger charge is -2.37. The van der Waals surface area contributed by atoms with Gasteiger partial charge in [0.2, 0.25) is 5.91 Å². The van der Waals surface area contributed by atoms with E-state index in [-0.39, 0.29) is 6.04 Å². The minimum atomic E-state index is 0.0725. The fourth-order valence-corrected chi connectivity index (χ4v) is 2.94. The SMILES string of the molecule is O=C(C1CCCN1)N1CCN(c2ccccc2)CC1. The number of para-hydroxylation sites is 1. The van der Waals surface area contributed by atoms with Crippen molar-refractivity contribution in [2.45, 2.75) is 18.9 Å². The van der Waals surface area contributed by atoms with Crippen molar-refractivity contribution in [3.8, 4) is 0 Å². The first-order valence-electron chi connectivity index (χ1n) is 7.17. The Balaban J connectivity index is 1.56. The summed E-state index contributed by atoms with van der Waals surface area (Å²) in [7, 11) is 0. The molecule has 3 rings (SSSR count). The zero-order valence-electron chi connectivity index (χ0n) is 11.2. The Hall–Kier alpha value is -1.55. The van der Waals surface area contributed by atoms with Gasteiger partial charge in [-0.15, -0.1) is 0 Å². The fraction of sp³-hybridized carbons (Fsp3) is 0.533. The number of nitrogens with zero attached hydrogens (tertiary/aromatic N) is 2. The second-order valence-electron chi connectivity index (χ2n) is 5.30. The van der Waals surface area contributed by atoms with Crippen LogP contribution < -0.4 is 10.2 Å². The molecule has 2 saturated heterocycles. The number of benzene rings is 1. The number of piperazine rings is 1. The molecule has 1 aromatic rings. The average Bonchev–Trinajstić information content (AvgIpc) is 3.02. The highest BCUT2D eigenvalue weighted by atomic mass is 16.2. The zero-order chi connectivity index (χ0) is 13.1. The first-order valence-corrected chi connectivity index (χ1v) is 7.17. The van der Waals surface area contributed by atoms with E-state index in [0.29, 0.717) is 5.91 Å². The molecule has 2 heterocycles. The summed E-state index contributed by atoms with van der Waals surface area (Å²) in [5, 5.41) is 3.29. The van der Waals surface area contributed by atoms with Gasteiger partial charge >= 0.3 is 0 Å². The van der Waals surface area contributed by atoms with Crippen molar-refractivity contribution in [2.24, 2.45) is 0 Å². The molecule has 1 unspecified atom stereocenters. The number of amides is 1. The van der Waals surface area contributed by atoms with E-state index in [1.165, 1.54) is 5.69 Å². The summed E-state index contributed by atoms with van der Waals surface area (Å²) in [5.74, 6) is 0.296. The zero-order valence-corrected chi connectivity index (χ0v) is 11.2. The molecule has 1 N–H and O–H groups in total. The lowest BCUT2D eigenvalue weighted by molar-refractivity contribution is -0.133. The summed E-state index contributed by atoms with van der Waals surface area (Å²) in [6.45, 7) is 4.53. The van der Waals surface area contributed by atoms with Gasteiger partial charge < -0.3 is 15.1 Å². The molecule has 102 valence electrons. The monoisotopic (exact) mass is 259 g/mol. The summed E-state index contributed by atoms with van der Waals surface area (Å²) in [4.78, 5) is 16.7. The summed E-state index contributed by atoms with van der Waals surface area (Å²) in [5.41, 5.74) is 1.26. The lowest BCUT2D eigenvalue weighted by atomic mass is 10.1. The number of rotatable bonds is 2. The minimum absolute atomic E-state index is 0.0725. The van der Waals surface area contributed by atoms with Crippen molar-refractivity contribution in [1.29, 1.82) is 0 Å². The first kappa shape index (κ1) is 12.5. The summed E-state index contributed by atoms with van der Waals surface area (Å²) >= 11 is 0. The lowest BCUT2D eigenvalue weighted by Crippen LogP contribution is -2.53. The van der Waals surface area contributed by atoms with Crippen LogP contribution in [0.25, 0.3) is 0 Å². The molecule has 0 radical (unpaired) electrons. The van der Waals surface area contributed by atoms with Crippen molar-refractivity contribution < 1.29 is 4.79 Å². The molecule has 4 nitrogen and oxygen atoms in total. The van der Waals surface area contributed by atoms with Crippen molar-refractivity contribution in [1.82, 2.24) is 10.2 Å². The molecule has 0 spiro atoms. The summed E-state index contributed by atoms with van der Waals surface area (Å²) in [6, 6.07) is 10.5. The third-order valence-corrected chi connectivity index (χ3v) is 4.07. The van der Waals surface area contributed by atoms with E-state index in [9.17, 15) is 4.79 Å². The second-order valence-corrected chi connectivity index (χ2v) is 5.30. The van der Waals surface area contributed by atoms with Crippen LogP contribution in [0.5, 0.6) is 0 Å². The van der Waals surface area contributed by atoms with Gasteiger partial charge in [-0.3, -0.25) is 4.79 Å². The minimum Gasteiger partial charge on any atom is -0.368 e. The number of anilines is 1. The van der Waals surface area contributed by atoms with Crippen LogP contribution in [0.15, 0.2) is 30.3 Å². The van der Waals surface area contributed by atoms with E-state index in [2.05, 4.69) is 34.5 Å². The smallest absolute Gasteiger partial charge is 0.239 e. The molecule has 0 aromatic heterocycles. The second kappa shape index (κ2) is 5.61. The van der Waals surface area contributed by atoms with Gasteiger partial charge in [0.1, 0.15) is 0 Å². The topological polar surface area (TPSA) is 35.6 Å². The maximum Gasteiger partial charge on any atom is 0.239 e. The van der Waals surface area contributed by atoms with Crippen LogP contribution >= 0.6 is 0 Å². The molecule has 1 atom stereocenters. The van der Waals surface area contributed by atoms with Gasteiger partial charge in [0, 0.05) is 31.9 Å². The van der Waals surface area contributed by atoms with E-state index < -0.39 is 0 Å². The molecule has 2 aliphatic rings. The van der Waals surface area contributed by atoms with Gasteiger partial charge in [0.25, 0.3) is 0 Å². The van der Waals surface area contributed by atoms with Crippen molar-refractivity contribution in [2.75, 3.05) is 37.6 Å². The highest BCUT2D eigenvalue weighted by Crippen LogP contribution is 2.17. The predicted molar refractivity (Wildman–Crippen MR) is 76.3 cm³/mol. The summed E-state index contributed by atoms with van der Waals surface area (Å²) in [6.07, 6.45) is 2.12. The fourth-order valence-electron chi connectivity index (χ4n) is 2.94. The largest absolute Gasteiger partial charge is 0.368 e. The molecular formula is C15H21N3O. The normalized spacial score (nSPS) is 23.7.